The smallest absolute Gasteiger partial charge is 0.259 e. The summed E-state index contributed by atoms with van der Waals surface area (Å²) in [6, 6.07) is 2.50. The minimum absolute atomic E-state index is 0.0594. The average molecular weight is 298 g/mol. The maximum Gasteiger partial charge on any atom is 0.259 e. The lowest BCUT2D eigenvalue weighted by Gasteiger charge is -2.25. The maximum absolute atomic E-state index is 14.1. The van der Waals surface area contributed by atoms with Gasteiger partial charge in [0.2, 0.25) is 0 Å². The molecule has 4 nitrogen and oxygen atoms in total. The summed E-state index contributed by atoms with van der Waals surface area (Å²) >= 11 is 0. The highest BCUT2D eigenvalue weighted by atomic mass is 19.1. The monoisotopic (exact) mass is 298 g/mol. The summed E-state index contributed by atoms with van der Waals surface area (Å²) in [7, 11) is 0. The Balaban J connectivity index is 2.23. The van der Waals surface area contributed by atoms with Crippen LogP contribution >= 0.6 is 0 Å². The molecule has 116 valence electrons. The topological polar surface area (TPSA) is 52.6 Å². The molecule has 1 aromatic carbocycles. The fourth-order valence-electron chi connectivity index (χ4n) is 2.59. The van der Waals surface area contributed by atoms with E-state index in [9.17, 15) is 13.6 Å². The lowest BCUT2D eigenvalue weighted by atomic mass is 10.1. The number of hydrogen-bond donors (Lipinski definition) is 2. The van der Waals surface area contributed by atoms with Crippen molar-refractivity contribution >= 4 is 5.91 Å². The molecule has 0 aliphatic carbocycles. The summed E-state index contributed by atoms with van der Waals surface area (Å²) in [4.78, 5) is 13.7. The van der Waals surface area contributed by atoms with Crippen LogP contribution in [0.4, 0.5) is 8.78 Å². The number of carbonyl (C=O) groups is 1. The number of halogens is 2. The van der Waals surface area contributed by atoms with Crippen LogP contribution in [0.5, 0.6) is 0 Å². The van der Waals surface area contributed by atoms with Crippen LogP contribution in [0.3, 0.4) is 0 Å². The Labute approximate surface area is 122 Å². The number of nitrogens with one attached hydrogen (secondary N) is 1. The maximum atomic E-state index is 14.1. The van der Waals surface area contributed by atoms with Gasteiger partial charge in [0.05, 0.1) is 6.61 Å². The summed E-state index contributed by atoms with van der Waals surface area (Å²) in [5, 5.41) is 12.3. The SMILES string of the molecule is Cc1ccc(F)c(C(=O)N(CCO)CC2CCCN2)c1F. The van der Waals surface area contributed by atoms with Crippen LogP contribution in [0.25, 0.3) is 0 Å². The first-order valence-electron chi connectivity index (χ1n) is 7.12. The van der Waals surface area contributed by atoms with E-state index in [2.05, 4.69) is 5.32 Å². The second-order valence-corrected chi connectivity index (χ2v) is 5.32. The van der Waals surface area contributed by atoms with Crippen molar-refractivity contribution in [1.82, 2.24) is 10.2 Å². The molecule has 1 heterocycles. The molecule has 0 aromatic heterocycles. The number of aryl methyl sites for hydroxylation is 1. The number of amides is 1. The number of rotatable bonds is 5. The molecule has 1 unspecified atom stereocenters. The first-order chi connectivity index (χ1) is 10.0. The minimum Gasteiger partial charge on any atom is -0.395 e. The van der Waals surface area contributed by atoms with Crippen molar-refractivity contribution in [2.45, 2.75) is 25.8 Å². The van der Waals surface area contributed by atoms with Crippen LogP contribution in [-0.2, 0) is 0 Å². The van der Waals surface area contributed by atoms with Crippen LogP contribution in [0.2, 0.25) is 0 Å². The van der Waals surface area contributed by atoms with E-state index >= 15 is 0 Å². The molecule has 0 bridgehead atoms. The summed E-state index contributed by atoms with van der Waals surface area (Å²) in [5.41, 5.74) is -0.316. The molecule has 1 amide bonds. The third-order valence-electron chi connectivity index (χ3n) is 3.76. The average Bonchev–Trinajstić information content (AvgIpc) is 2.96. The van der Waals surface area contributed by atoms with Crippen molar-refractivity contribution in [3.05, 3.63) is 34.9 Å². The van der Waals surface area contributed by atoms with Gasteiger partial charge in [-0.15, -0.1) is 0 Å². The molecule has 0 radical (unpaired) electrons. The molecular weight excluding hydrogens is 278 g/mol. The molecule has 1 aliphatic heterocycles. The van der Waals surface area contributed by atoms with Gasteiger partial charge in [-0.25, -0.2) is 8.78 Å². The van der Waals surface area contributed by atoms with Crippen molar-refractivity contribution in [2.24, 2.45) is 0 Å². The van der Waals surface area contributed by atoms with Crippen LogP contribution in [0.15, 0.2) is 12.1 Å². The van der Waals surface area contributed by atoms with Crippen LogP contribution in [0.1, 0.15) is 28.8 Å². The third-order valence-corrected chi connectivity index (χ3v) is 3.76. The predicted octanol–water partition coefficient (Wildman–Crippen LogP) is 1.46. The molecule has 0 spiro atoms. The van der Waals surface area contributed by atoms with Crippen LogP contribution in [-0.4, -0.2) is 48.2 Å². The highest BCUT2D eigenvalue weighted by Crippen LogP contribution is 2.19. The van der Waals surface area contributed by atoms with Gasteiger partial charge in [-0.2, -0.15) is 0 Å². The number of benzene rings is 1. The van der Waals surface area contributed by atoms with E-state index in [0.29, 0.717) is 6.54 Å². The third kappa shape index (κ3) is 3.57. The van der Waals surface area contributed by atoms with Gasteiger partial charge in [-0.3, -0.25) is 4.79 Å². The molecule has 1 aliphatic rings. The molecule has 6 heteroatoms. The highest BCUT2D eigenvalue weighted by Gasteiger charge is 2.27. The quantitative estimate of drug-likeness (QED) is 0.865. The largest absolute Gasteiger partial charge is 0.395 e. The van der Waals surface area contributed by atoms with Gasteiger partial charge in [0.1, 0.15) is 17.2 Å². The molecule has 1 saturated heterocycles. The van der Waals surface area contributed by atoms with Gasteiger partial charge < -0.3 is 15.3 Å². The standard InChI is InChI=1S/C15H20F2N2O2/c1-10-4-5-12(16)13(14(10)17)15(21)19(7-8-20)9-11-3-2-6-18-11/h4-5,11,18,20H,2-3,6-9H2,1H3. The zero-order chi connectivity index (χ0) is 15.4. The second-order valence-electron chi connectivity index (χ2n) is 5.32. The Morgan fingerprint density at radius 2 is 2.24 bits per heavy atom. The lowest BCUT2D eigenvalue weighted by molar-refractivity contribution is 0.0696. The van der Waals surface area contributed by atoms with E-state index in [1.807, 2.05) is 0 Å². The Morgan fingerprint density at radius 1 is 1.48 bits per heavy atom. The number of carbonyl (C=O) groups excluding carboxylic acids is 1. The fraction of sp³-hybridized carbons (Fsp3) is 0.533. The van der Waals surface area contributed by atoms with Crippen molar-refractivity contribution in [2.75, 3.05) is 26.2 Å². The summed E-state index contributed by atoms with van der Waals surface area (Å²) in [6.07, 6.45) is 1.92. The van der Waals surface area contributed by atoms with E-state index in [0.717, 1.165) is 25.5 Å². The Kier molecular flexibility index (Phi) is 5.25. The van der Waals surface area contributed by atoms with E-state index in [1.54, 1.807) is 0 Å². The number of aliphatic hydroxyl groups is 1. The first-order valence-corrected chi connectivity index (χ1v) is 7.12. The Morgan fingerprint density at radius 3 is 2.86 bits per heavy atom. The zero-order valence-electron chi connectivity index (χ0n) is 12.0. The number of nitrogens with zero attached hydrogens (tertiary/aromatic N) is 1. The molecule has 0 saturated carbocycles. The van der Waals surface area contributed by atoms with Crippen LogP contribution < -0.4 is 5.32 Å². The van der Waals surface area contributed by atoms with Gasteiger partial charge in [-0.05, 0) is 37.9 Å². The summed E-state index contributed by atoms with van der Waals surface area (Å²) in [6.45, 7) is 2.52. The van der Waals surface area contributed by atoms with Gasteiger partial charge in [0, 0.05) is 19.1 Å². The molecule has 2 rings (SSSR count). The predicted molar refractivity (Wildman–Crippen MR) is 75.1 cm³/mol. The van der Waals surface area contributed by atoms with Crippen molar-refractivity contribution in [1.29, 1.82) is 0 Å². The second kappa shape index (κ2) is 6.95. The van der Waals surface area contributed by atoms with Crippen molar-refractivity contribution in [3.63, 3.8) is 0 Å². The van der Waals surface area contributed by atoms with Gasteiger partial charge >= 0.3 is 0 Å². The molecule has 1 aromatic rings. The Bertz CT molecular complexity index is 517. The van der Waals surface area contributed by atoms with Gasteiger partial charge in [-0.1, -0.05) is 6.07 Å². The molecule has 1 fully saturated rings. The van der Waals surface area contributed by atoms with Gasteiger partial charge in [0.15, 0.2) is 0 Å². The van der Waals surface area contributed by atoms with E-state index in [4.69, 9.17) is 5.11 Å². The normalized spacial score (nSPS) is 18.0. The number of aliphatic hydroxyl groups excluding tert-OH is 1. The molecule has 2 N–H and O–H groups in total. The fourth-order valence-corrected chi connectivity index (χ4v) is 2.59. The first kappa shape index (κ1) is 15.9. The lowest BCUT2D eigenvalue weighted by Crippen LogP contribution is -2.43. The zero-order valence-corrected chi connectivity index (χ0v) is 12.0. The van der Waals surface area contributed by atoms with E-state index in [-0.39, 0.29) is 24.8 Å². The summed E-state index contributed by atoms with van der Waals surface area (Å²) < 4.78 is 27.9. The van der Waals surface area contributed by atoms with Crippen molar-refractivity contribution in [3.8, 4) is 0 Å². The molecule has 21 heavy (non-hydrogen) atoms. The van der Waals surface area contributed by atoms with Crippen LogP contribution in [0, 0.1) is 18.6 Å². The Hall–Kier alpha value is -1.53. The highest BCUT2D eigenvalue weighted by molar-refractivity contribution is 5.95. The molecular formula is C15H20F2N2O2. The molecule has 1 atom stereocenters. The number of hydrogen-bond acceptors (Lipinski definition) is 3. The van der Waals surface area contributed by atoms with Gasteiger partial charge in [0.25, 0.3) is 5.91 Å². The van der Waals surface area contributed by atoms with E-state index < -0.39 is 23.1 Å². The van der Waals surface area contributed by atoms with E-state index in [1.165, 1.54) is 17.9 Å². The summed E-state index contributed by atoms with van der Waals surface area (Å²) in [5.74, 6) is -2.41. The minimum atomic E-state index is -0.870. The van der Waals surface area contributed by atoms with Crippen molar-refractivity contribution < 1.29 is 18.7 Å².